The van der Waals surface area contributed by atoms with E-state index in [-0.39, 0.29) is 16.4 Å². The van der Waals surface area contributed by atoms with Crippen LogP contribution in [0.25, 0.3) is 0 Å². The second-order valence-electron chi connectivity index (χ2n) is 4.03. The predicted molar refractivity (Wildman–Crippen MR) is 83.2 cm³/mol. The van der Waals surface area contributed by atoms with Crippen LogP contribution in [-0.2, 0) is 16.6 Å². The van der Waals surface area contributed by atoms with Crippen LogP contribution in [0.3, 0.4) is 0 Å². The van der Waals surface area contributed by atoms with Crippen molar-refractivity contribution in [1.82, 2.24) is 9.71 Å². The molecular weight excluding hydrogens is 314 g/mol. The summed E-state index contributed by atoms with van der Waals surface area (Å²) in [5.41, 5.74) is 5.90. The summed E-state index contributed by atoms with van der Waals surface area (Å²) in [6.07, 6.45) is 1.65. The molecule has 0 unspecified atom stereocenters. The van der Waals surface area contributed by atoms with Gasteiger partial charge < -0.3 is 5.73 Å². The summed E-state index contributed by atoms with van der Waals surface area (Å²) >= 11 is 6.32. The van der Waals surface area contributed by atoms with E-state index in [4.69, 9.17) is 18.0 Å². The summed E-state index contributed by atoms with van der Waals surface area (Å²) < 4.78 is 27.1. The summed E-state index contributed by atoms with van der Waals surface area (Å²) in [5.74, 6) is 0. The fourth-order valence-electron chi connectivity index (χ4n) is 1.64. The van der Waals surface area contributed by atoms with Crippen LogP contribution in [0.5, 0.6) is 0 Å². The SMILES string of the molecule is Cc1ncc(CNS(=O)(=O)c2ccccc2C(N)=S)s1. The van der Waals surface area contributed by atoms with Gasteiger partial charge in [-0.25, -0.2) is 18.1 Å². The molecule has 2 aromatic rings. The van der Waals surface area contributed by atoms with E-state index in [9.17, 15) is 8.42 Å². The third-order valence-electron chi connectivity index (χ3n) is 2.55. The first kappa shape index (κ1) is 15.0. The van der Waals surface area contributed by atoms with Gasteiger partial charge in [0.1, 0.15) is 4.99 Å². The number of benzene rings is 1. The Morgan fingerprint density at radius 3 is 2.75 bits per heavy atom. The first-order valence-electron chi connectivity index (χ1n) is 5.70. The van der Waals surface area contributed by atoms with Crippen molar-refractivity contribution in [3.63, 3.8) is 0 Å². The van der Waals surface area contributed by atoms with Gasteiger partial charge in [0.15, 0.2) is 0 Å². The fourth-order valence-corrected chi connectivity index (χ4v) is 3.93. The zero-order valence-electron chi connectivity index (χ0n) is 10.7. The summed E-state index contributed by atoms with van der Waals surface area (Å²) in [4.78, 5) is 5.07. The number of nitrogens with one attached hydrogen (secondary N) is 1. The Hall–Kier alpha value is -1.35. The molecule has 106 valence electrons. The minimum Gasteiger partial charge on any atom is -0.389 e. The second kappa shape index (κ2) is 5.96. The highest BCUT2D eigenvalue weighted by molar-refractivity contribution is 7.89. The monoisotopic (exact) mass is 327 g/mol. The molecule has 0 fully saturated rings. The molecule has 0 aliphatic carbocycles. The molecule has 0 spiro atoms. The molecule has 0 atom stereocenters. The largest absolute Gasteiger partial charge is 0.389 e. The van der Waals surface area contributed by atoms with Crippen LogP contribution < -0.4 is 10.5 Å². The van der Waals surface area contributed by atoms with Crippen molar-refractivity contribution >= 4 is 38.6 Å². The predicted octanol–water partition coefficient (Wildman–Crippen LogP) is 1.56. The number of rotatable bonds is 5. The van der Waals surface area contributed by atoms with E-state index in [0.717, 1.165) is 9.88 Å². The number of aryl methyl sites for hydroxylation is 1. The number of thiocarbonyl (C=S) groups is 1. The van der Waals surface area contributed by atoms with E-state index in [1.54, 1.807) is 24.4 Å². The maximum absolute atomic E-state index is 12.3. The van der Waals surface area contributed by atoms with E-state index in [1.807, 2.05) is 6.92 Å². The highest BCUT2D eigenvalue weighted by Crippen LogP contribution is 2.17. The minimum absolute atomic E-state index is 0.0552. The third-order valence-corrected chi connectivity index (χ3v) is 5.14. The number of nitrogens with two attached hydrogens (primary N) is 1. The molecule has 1 aromatic heterocycles. The van der Waals surface area contributed by atoms with Crippen molar-refractivity contribution in [3.05, 3.63) is 45.9 Å². The number of aromatic nitrogens is 1. The Morgan fingerprint density at radius 2 is 2.15 bits per heavy atom. The zero-order chi connectivity index (χ0) is 14.8. The Labute approximate surface area is 126 Å². The Kier molecular flexibility index (Phi) is 4.48. The fraction of sp³-hybridized carbons (Fsp3) is 0.167. The molecule has 2 rings (SSSR count). The molecule has 8 heteroatoms. The van der Waals surface area contributed by atoms with Gasteiger partial charge in [-0.2, -0.15) is 0 Å². The maximum atomic E-state index is 12.3. The van der Waals surface area contributed by atoms with Crippen molar-refractivity contribution in [2.75, 3.05) is 0 Å². The molecule has 0 saturated carbocycles. The average Bonchev–Trinajstić information content (AvgIpc) is 2.82. The van der Waals surface area contributed by atoms with E-state index in [1.165, 1.54) is 17.4 Å². The molecule has 0 aliphatic heterocycles. The summed E-state index contributed by atoms with van der Waals surface area (Å²) in [7, 11) is -3.66. The number of thiazole rings is 1. The van der Waals surface area contributed by atoms with E-state index in [2.05, 4.69) is 9.71 Å². The molecular formula is C12H13N3O2S3. The molecule has 3 N–H and O–H groups in total. The van der Waals surface area contributed by atoms with Gasteiger partial charge in [0.25, 0.3) is 0 Å². The minimum atomic E-state index is -3.66. The molecule has 0 amide bonds. The van der Waals surface area contributed by atoms with Crippen LogP contribution in [-0.4, -0.2) is 18.4 Å². The van der Waals surface area contributed by atoms with Gasteiger partial charge in [-0.3, -0.25) is 0 Å². The van der Waals surface area contributed by atoms with Crippen LogP contribution in [0.15, 0.2) is 35.4 Å². The van der Waals surface area contributed by atoms with E-state index >= 15 is 0 Å². The first-order valence-corrected chi connectivity index (χ1v) is 8.41. The molecule has 1 aromatic carbocycles. The molecule has 0 saturated heterocycles. The number of hydrogen-bond donors (Lipinski definition) is 2. The lowest BCUT2D eigenvalue weighted by Crippen LogP contribution is -2.26. The third kappa shape index (κ3) is 3.40. The lowest BCUT2D eigenvalue weighted by molar-refractivity contribution is 0.581. The maximum Gasteiger partial charge on any atom is 0.241 e. The smallest absolute Gasteiger partial charge is 0.241 e. The lowest BCUT2D eigenvalue weighted by atomic mass is 10.2. The zero-order valence-corrected chi connectivity index (χ0v) is 13.1. The number of hydrogen-bond acceptors (Lipinski definition) is 5. The number of nitrogens with zero attached hydrogens (tertiary/aromatic N) is 1. The average molecular weight is 327 g/mol. The molecule has 20 heavy (non-hydrogen) atoms. The number of sulfonamides is 1. The van der Waals surface area contributed by atoms with E-state index in [0.29, 0.717) is 5.56 Å². The van der Waals surface area contributed by atoms with Crippen LogP contribution in [0.1, 0.15) is 15.4 Å². The Balaban J connectivity index is 2.25. The van der Waals surface area contributed by atoms with Crippen molar-refractivity contribution in [3.8, 4) is 0 Å². The van der Waals surface area contributed by atoms with Gasteiger partial charge in [-0.15, -0.1) is 11.3 Å². The van der Waals surface area contributed by atoms with Gasteiger partial charge in [0, 0.05) is 23.2 Å². The quantitative estimate of drug-likeness (QED) is 0.814. The highest BCUT2D eigenvalue weighted by atomic mass is 32.2. The molecule has 5 nitrogen and oxygen atoms in total. The topological polar surface area (TPSA) is 85.1 Å². The van der Waals surface area contributed by atoms with Gasteiger partial charge in [-0.1, -0.05) is 30.4 Å². The van der Waals surface area contributed by atoms with Crippen molar-refractivity contribution < 1.29 is 8.42 Å². The summed E-state index contributed by atoms with van der Waals surface area (Å²) in [6.45, 7) is 2.06. The lowest BCUT2D eigenvalue weighted by Gasteiger charge is -2.09. The van der Waals surface area contributed by atoms with Crippen molar-refractivity contribution in [2.45, 2.75) is 18.4 Å². The summed E-state index contributed by atoms with van der Waals surface area (Å²) in [5, 5.41) is 0.891. The molecule has 1 heterocycles. The van der Waals surface area contributed by atoms with Crippen LogP contribution in [0, 0.1) is 6.92 Å². The van der Waals surface area contributed by atoms with Crippen LogP contribution in [0.4, 0.5) is 0 Å². The highest BCUT2D eigenvalue weighted by Gasteiger charge is 2.19. The first-order chi connectivity index (χ1) is 9.40. The molecule has 0 bridgehead atoms. The van der Waals surface area contributed by atoms with E-state index < -0.39 is 10.0 Å². The van der Waals surface area contributed by atoms with Crippen molar-refractivity contribution in [2.24, 2.45) is 5.73 Å². The Morgan fingerprint density at radius 1 is 1.45 bits per heavy atom. The second-order valence-corrected chi connectivity index (χ2v) is 7.53. The van der Waals surface area contributed by atoms with Gasteiger partial charge in [0.2, 0.25) is 10.0 Å². The standard InChI is InChI=1S/C12H13N3O2S3/c1-8-14-6-9(19-8)7-15-20(16,17)11-5-3-2-4-10(11)12(13)18/h2-6,15H,7H2,1H3,(H2,13,18). The van der Waals surface area contributed by atoms with Crippen LogP contribution >= 0.6 is 23.6 Å². The van der Waals surface area contributed by atoms with Gasteiger partial charge >= 0.3 is 0 Å². The van der Waals surface area contributed by atoms with Crippen LogP contribution in [0.2, 0.25) is 0 Å². The molecule has 0 aliphatic rings. The summed E-state index contributed by atoms with van der Waals surface area (Å²) in [6, 6.07) is 6.40. The Bertz CT molecular complexity index is 738. The van der Waals surface area contributed by atoms with Gasteiger partial charge in [-0.05, 0) is 13.0 Å². The normalized spacial score (nSPS) is 11.4. The molecule has 0 radical (unpaired) electrons. The van der Waals surface area contributed by atoms with Crippen molar-refractivity contribution in [1.29, 1.82) is 0 Å². The van der Waals surface area contributed by atoms with Gasteiger partial charge in [0.05, 0.1) is 9.90 Å².